The second-order valence-electron chi connectivity index (χ2n) is 5.43. The monoisotopic (exact) mass is 287 g/mol. The molecule has 0 aliphatic carbocycles. The van der Waals surface area contributed by atoms with Crippen LogP contribution in [0.5, 0.6) is 0 Å². The number of hydrogen-bond donors (Lipinski definition) is 1. The smallest absolute Gasteiger partial charge is 0.254 e. The van der Waals surface area contributed by atoms with Crippen molar-refractivity contribution in [2.45, 2.75) is 6.04 Å². The van der Waals surface area contributed by atoms with E-state index in [4.69, 9.17) is 0 Å². The molecule has 1 aromatic rings. The molecule has 1 aromatic carbocycles. The maximum atomic E-state index is 12.1. The highest BCUT2D eigenvalue weighted by molar-refractivity contribution is 5.99. The largest absolute Gasteiger partial charge is 0.350 e. The molecule has 5 heteroatoms. The third kappa shape index (κ3) is 3.49. The number of nitrogens with zero attached hydrogens (tertiary/aromatic N) is 2. The quantitative estimate of drug-likeness (QED) is 0.824. The first kappa shape index (κ1) is 15.3. The minimum Gasteiger partial charge on any atom is -0.350 e. The summed E-state index contributed by atoms with van der Waals surface area (Å²) in [4.78, 5) is 27.5. The van der Waals surface area contributed by atoms with Crippen molar-refractivity contribution >= 4 is 11.8 Å². The molecule has 1 aliphatic rings. The fourth-order valence-corrected chi connectivity index (χ4v) is 2.40. The highest BCUT2D eigenvalue weighted by Gasteiger charge is 2.33. The highest BCUT2D eigenvalue weighted by atomic mass is 16.2. The Morgan fingerprint density at radius 1 is 1.38 bits per heavy atom. The number of hydrogen-bond acceptors (Lipinski definition) is 3. The number of benzene rings is 1. The molecule has 2 amide bonds. The molecule has 2 rings (SSSR count). The molecule has 1 heterocycles. The Hall–Kier alpha value is -2.14. The van der Waals surface area contributed by atoms with Gasteiger partial charge in [-0.05, 0) is 25.7 Å². The average Bonchev–Trinajstić information content (AvgIpc) is 2.69. The van der Waals surface area contributed by atoms with Crippen molar-refractivity contribution in [3.63, 3.8) is 0 Å². The summed E-state index contributed by atoms with van der Waals surface area (Å²) in [7, 11) is 5.65. The third-order valence-electron chi connectivity index (χ3n) is 3.55. The molecule has 21 heavy (non-hydrogen) atoms. The van der Waals surface area contributed by atoms with Gasteiger partial charge in [0, 0.05) is 31.8 Å². The van der Waals surface area contributed by atoms with E-state index in [0.717, 1.165) is 17.7 Å². The standard InChI is InChI=1S/C16H21N3O2/c1-18(2)10-6-9-15(20)17-11-14-12-7-4-5-8-13(12)16(21)19(14)3/h4-9,14H,10-11H2,1-3H3,(H,17,20). The van der Waals surface area contributed by atoms with Gasteiger partial charge < -0.3 is 15.1 Å². The Kier molecular flexibility index (Phi) is 4.75. The summed E-state index contributed by atoms with van der Waals surface area (Å²) in [5.41, 5.74) is 1.70. The molecule has 0 spiro atoms. The predicted molar refractivity (Wildman–Crippen MR) is 82.0 cm³/mol. The molecule has 1 atom stereocenters. The molecule has 0 aromatic heterocycles. The van der Waals surface area contributed by atoms with Gasteiger partial charge in [0.1, 0.15) is 0 Å². The van der Waals surface area contributed by atoms with E-state index in [1.165, 1.54) is 6.08 Å². The molecule has 1 N–H and O–H groups in total. The molecule has 0 fully saturated rings. The summed E-state index contributed by atoms with van der Waals surface area (Å²) in [6.07, 6.45) is 3.34. The lowest BCUT2D eigenvalue weighted by molar-refractivity contribution is -0.116. The zero-order chi connectivity index (χ0) is 15.4. The number of carbonyl (C=O) groups excluding carboxylic acids is 2. The minimum atomic E-state index is -0.137. The molecular weight excluding hydrogens is 266 g/mol. The zero-order valence-corrected chi connectivity index (χ0v) is 12.7. The van der Waals surface area contributed by atoms with E-state index < -0.39 is 0 Å². The van der Waals surface area contributed by atoms with Crippen molar-refractivity contribution in [3.05, 3.63) is 47.5 Å². The Bertz CT molecular complexity index is 566. The van der Waals surface area contributed by atoms with E-state index in [2.05, 4.69) is 5.32 Å². The minimum absolute atomic E-state index is 0.00741. The van der Waals surface area contributed by atoms with E-state index in [1.54, 1.807) is 11.9 Å². The fraction of sp³-hybridized carbons (Fsp3) is 0.375. The molecule has 1 aliphatic heterocycles. The number of amides is 2. The average molecular weight is 287 g/mol. The Morgan fingerprint density at radius 3 is 2.81 bits per heavy atom. The molecule has 1 unspecified atom stereocenters. The van der Waals surface area contributed by atoms with Gasteiger partial charge in [0.05, 0.1) is 6.04 Å². The maximum absolute atomic E-state index is 12.1. The lowest BCUT2D eigenvalue weighted by Crippen LogP contribution is -2.34. The van der Waals surface area contributed by atoms with Crippen LogP contribution in [0.4, 0.5) is 0 Å². The van der Waals surface area contributed by atoms with Crippen molar-refractivity contribution < 1.29 is 9.59 Å². The molecule has 5 nitrogen and oxygen atoms in total. The number of rotatable bonds is 5. The number of nitrogens with one attached hydrogen (secondary N) is 1. The molecular formula is C16H21N3O2. The summed E-state index contributed by atoms with van der Waals surface area (Å²) in [5.74, 6) is -0.130. The lowest BCUT2D eigenvalue weighted by Gasteiger charge is -2.20. The normalized spacial score (nSPS) is 17.6. The van der Waals surface area contributed by atoms with Gasteiger partial charge in [0.2, 0.25) is 5.91 Å². The van der Waals surface area contributed by atoms with Crippen LogP contribution in [0.1, 0.15) is 22.0 Å². The van der Waals surface area contributed by atoms with Crippen LogP contribution in [0, 0.1) is 0 Å². The van der Waals surface area contributed by atoms with Crippen LogP contribution in [0.25, 0.3) is 0 Å². The first-order valence-electron chi connectivity index (χ1n) is 6.96. The van der Waals surface area contributed by atoms with Crippen molar-refractivity contribution in [2.24, 2.45) is 0 Å². The van der Waals surface area contributed by atoms with E-state index in [-0.39, 0.29) is 17.9 Å². The van der Waals surface area contributed by atoms with Gasteiger partial charge in [0.15, 0.2) is 0 Å². The molecule has 0 radical (unpaired) electrons. The van der Waals surface area contributed by atoms with Crippen molar-refractivity contribution in [2.75, 3.05) is 34.2 Å². The second-order valence-corrected chi connectivity index (χ2v) is 5.43. The Labute approximate surface area is 125 Å². The maximum Gasteiger partial charge on any atom is 0.254 e. The van der Waals surface area contributed by atoms with Crippen molar-refractivity contribution in [1.29, 1.82) is 0 Å². The third-order valence-corrected chi connectivity index (χ3v) is 3.55. The van der Waals surface area contributed by atoms with Crippen LogP contribution in [-0.2, 0) is 4.79 Å². The summed E-state index contributed by atoms with van der Waals surface area (Å²) >= 11 is 0. The van der Waals surface area contributed by atoms with E-state index in [9.17, 15) is 9.59 Å². The lowest BCUT2D eigenvalue weighted by atomic mass is 10.0. The Morgan fingerprint density at radius 2 is 2.10 bits per heavy atom. The van der Waals surface area contributed by atoms with Gasteiger partial charge in [-0.15, -0.1) is 0 Å². The van der Waals surface area contributed by atoms with E-state index >= 15 is 0 Å². The predicted octanol–water partition coefficient (Wildman–Crippen LogP) is 1.05. The summed E-state index contributed by atoms with van der Waals surface area (Å²) in [5, 5.41) is 2.85. The first-order chi connectivity index (χ1) is 10.0. The second kappa shape index (κ2) is 6.54. The van der Waals surface area contributed by atoms with Gasteiger partial charge in [-0.3, -0.25) is 9.59 Å². The van der Waals surface area contributed by atoms with Gasteiger partial charge >= 0.3 is 0 Å². The molecule has 0 saturated carbocycles. The van der Waals surface area contributed by atoms with Gasteiger partial charge in [-0.2, -0.15) is 0 Å². The molecule has 0 bridgehead atoms. The molecule has 0 saturated heterocycles. The van der Waals surface area contributed by atoms with Crippen LogP contribution in [0.2, 0.25) is 0 Å². The summed E-state index contributed by atoms with van der Waals surface area (Å²) < 4.78 is 0. The van der Waals surface area contributed by atoms with Crippen LogP contribution in [0.15, 0.2) is 36.4 Å². The Balaban J connectivity index is 1.96. The van der Waals surface area contributed by atoms with Crippen molar-refractivity contribution in [3.8, 4) is 0 Å². The summed E-state index contributed by atoms with van der Waals surface area (Å²) in [6.45, 7) is 1.14. The van der Waals surface area contributed by atoms with Crippen LogP contribution in [-0.4, -0.2) is 55.8 Å². The first-order valence-corrected chi connectivity index (χ1v) is 6.96. The van der Waals surface area contributed by atoms with Crippen molar-refractivity contribution in [1.82, 2.24) is 15.1 Å². The zero-order valence-electron chi connectivity index (χ0n) is 12.7. The topological polar surface area (TPSA) is 52.7 Å². The van der Waals surface area contributed by atoms with E-state index in [0.29, 0.717) is 6.54 Å². The van der Waals surface area contributed by atoms with Gasteiger partial charge in [-0.25, -0.2) is 0 Å². The van der Waals surface area contributed by atoms with Gasteiger partial charge in [-0.1, -0.05) is 24.3 Å². The molecule has 112 valence electrons. The van der Waals surface area contributed by atoms with Crippen LogP contribution < -0.4 is 5.32 Å². The highest BCUT2D eigenvalue weighted by Crippen LogP contribution is 2.31. The number of carbonyl (C=O) groups is 2. The van der Waals surface area contributed by atoms with Crippen LogP contribution >= 0.6 is 0 Å². The fourth-order valence-electron chi connectivity index (χ4n) is 2.40. The summed E-state index contributed by atoms with van der Waals surface area (Å²) in [6, 6.07) is 7.44. The number of likely N-dealkylation sites (N-methyl/N-ethyl adjacent to an activating group) is 2. The van der Waals surface area contributed by atoms with E-state index in [1.807, 2.05) is 49.3 Å². The number of fused-ring (bicyclic) bond motifs is 1. The SMILES string of the molecule is CN(C)CC=CC(=O)NCC1c2ccccc2C(=O)N1C. The van der Waals surface area contributed by atoms with Crippen LogP contribution in [0.3, 0.4) is 0 Å². The van der Waals surface area contributed by atoms with Gasteiger partial charge in [0.25, 0.3) is 5.91 Å².